The van der Waals surface area contributed by atoms with Crippen LogP contribution in [0.4, 0.5) is 0 Å². The van der Waals surface area contributed by atoms with E-state index in [0.29, 0.717) is 6.04 Å². The lowest BCUT2D eigenvalue weighted by molar-refractivity contribution is 0.360. The number of nitrogens with zero attached hydrogens (tertiary/aromatic N) is 2. The van der Waals surface area contributed by atoms with Crippen LogP contribution in [0, 0.1) is 0 Å². The molecule has 1 aromatic heterocycles. The third-order valence-electron chi connectivity index (χ3n) is 3.13. The summed E-state index contributed by atoms with van der Waals surface area (Å²) in [5.74, 6) is 2.70. The molecular formula is C15H22ClN3OS. The zero-order chi connectivity index (χ0) is 14.4. The van der Waals surface area contributed by atoms with Gasteiger partial charge < -0.3 is 9.84 Å². The van der Waals surface area contributed by atoms with Gasteiger partial charge in [0.05, 0.1) is 0 Å². The number of benzene rings is 1. The molecule has 1 aromatic carbocycles. The van der Waals surface area contributed by atoms with E-state index in [0.717, 1.165) is 23.9 Å². The molecule has 0 amide bonds. The quantitative estimate of drug-likeness (QED) is 0.788. The minimum atomic E-state index is 0. The van der Waals surface area contributed by atoms with Crippen LogP contribution in [0.5, 0.6) is 0 Å². The summed E-state index contributed by atoms with van der Waals surface area (Å²) >= 11 is 1.81. The van der Waals surface area contributed by atoms with Gasteiger partial charge in [0.2, 0.25) is 5.89 Å². The van der Waals surface area contributed by atoms with Crippen LogP contribution < -0.4 is 5.32 Å². The molecular weight excluding hydrogens is 306 g/mol. The Morgan fingerprint density at radius 1 is 1.24 bits per heavy atom. The molecule has 0 saturated heterocycles. The smallest absolute Gasteiger partial charge is 0.230 e. The van der Waals surface area contributed by atoms with Gasteiger partial charge in [-0.15, -0.1) is 24.2 Å². The Balaban J connectivity index is 0.00000220. The van der Waals surface area contributed by atoms with E-state index >= 15 is 0 Å². The van der Waals surface area contributed by atoms with Crippen molar-refractivity contribution in [2.45, 2.75) is 37.1 Å². The molecule has 1 N–H and O–H groups in total. The van der Waals surface area contributed by atoms with Crippen LogP contribution in [-0.2, 0) is 6.42 Å². The Hall–Kier alpha value is -1.04. The fourth-order valence-corrected chi connectivity index (χ4v) is 2.67. The van der Waals surface area contributed by atoms with Gasteiger partial charge in [0.1, 0.15) is 0 Å². The molecule has 0 radical (unpaired) electrons. The van der Waals surface area contributed by atoms with E-state index in [-0.39, 0.29) is 18.3 Å². The van der Waals surface area contributed by atoms with E-state index in [2.05, 4.69) is 53.6 Å². The number of thioether (sulfide) groups is 1. The minimum Gasteiger partial charge on any atom is -0.339 e. The first kappa shape index (κ1) is 18.0. The number of halogens is 1. The molecule has 0 aliphatic heterocycles. The second kappa shape index (κ2) is 9.07. The van der Waals surface area contributed by atoms with E-state index < -0.39 is 0 Å². The van der Waals surface area contributed by atoms with Crippen molar-refractivity contribution >= 4 is 24.2 Å². The third-order valence-corrected chi connectivity index (χ3v) is 4.40. The van der Waals surface area contributed by atoms with Gasteiger partial charge >= 0.3 is 0 Å². The lowest BCUT2D eigenvalue weighted by Gasteiger charge is -2.06. The molecule has 6 heteroatoms. The Labute approximate surface area is 136 Å². The van der Waals surface area contributed by atoms with E-state index in [1.54, 1.807) is 0 Å². The molecule has 116 valence electrons. The molecule has 0 aliphatic rings. The van der Waals surface area contributed by atoms with Gasteiger partial charge in [0.15, 0.2) is 5.82 Å². The van der Waals surface area contributed by atoms with E-state index in [4.69, 9.17) is 4.52 Å². The van der Waals surface area contributed by atoms with Crippen LogP contribution in [0.1, 0.15) is 31.5 Å². The van der Waals surface area contributed by atoms with Crippen LogP contribution in [-0.4, -0.2) is 29.0 Å². The highest BCUT2D eigenvalue weighted by atomic mass is 35.5. The normalized spacial score (nSPS) is 13.5. The lowest BCUT2D eigenvalue weighted by Crippen LogP contribution is -2.24. The van der Waals surface area contributed by atoms with Crippen molar-refractivity contribution in [3.63, 3.8) is 0 Å². The average molecular weight is 328 g/mol. The fourth-order valence-electron chi connectivity index (χ4n) is 1.74. The molecule has 2 unspecified atom stereocenters. The third kappa shape index (κ3) is 5.69. The molecule has 4 nitrogen and oxygen atoms in total. The van der Waals surface area contributed by atoms with Crippen LogP contribution in [0.2, 0.25) is 0 Å². The number of likely N-dealkylation sites (N-methyl/N-ethyl adjacent to an activating group) is 1. The largest absolute Gasteiger partial charge is 0.339 e. The number of aromatic nitrogens is 2. The summed E-state index contributed by atoms with van der Waals surface area (Å²) in [5, 5.41) is 7.22. The fraction of sp³-hybridized carbons (Fsp3) is 0.467. The van der Waals surface area contributed by atoms with E-state index in [1.165, 1.54) is 4.90 Å². The standard InChI is InChI=1S/C15H21N3OS.ClH/c1-11(10-20-13-7-5-4-6-8-13)15-17-14(18-19-15)9-12(2)16-3;/h4-8,11-12,16H,9-10H2,1-3H3;1H. The maximum Gasteiger partial charge on any atom is 0.230 e. The molecule has 0 saturated carbocycles. The van der Waals surface area contributed by atoms with Crippen molar-refractivity contribution in [3.8, 4) is 0 Å². The van der Waals surface area contributed by atoms with Crippen LogP contribution >= 0.6 is 24.2 Å². The molecule has 0 aliphatic carbocycles. The first-order valence-electron chi connectivity index (χ1n) is 6.86. The SMILES string of the molecule is CNC(C)Cc1noc(C(C)CSc2ccccc2)n1.Cl. The molecule has 2 aromatic rings. The average Bonchev–Trinajstić information content (AvgIpc) is 2.94. The van der Waals surface area contributed by atoms with Crippen LogP contribution in [0.25, 0.3) is 0 Å². The molecule has 21 heavy (non-hydrogen) atoms. The second-order valence-corrected chi connectivity index (χ2v) is 6.06. The van der Waals surface area contributed by atoms with Gasteiger partial charge in [0, 0.05) is 29.0 Å². The summed E-state index contributed by atoms with van der Waals surface area (Å²) < 4.78 is 5.36. The van der Waals surface area contributed by atoms with Gasteiger partial charge in [-0.3, -0.25) is 0 Å². The van der Waals surface area contributed by atoms with Crippen molar-refractivity contribution in [2.24, 2.45) is 0 Å². The summed E-state index contributed by atoms with van der Waals surface area (Å²) in [6.45, 7) is 4.22. The Morgan fingerprint density at radius 2 is 1.95 bits per heavy atom. The first-order valence-corrected chi connectivity index (χ1v) is 7.85. The zero-order valence-corrected chi connectivity index (χ0v) is 14.2. The van der Waals surface area contributed by atoms with Gasteiger partial charge in [0.25, 0.3) is 0 Å². The maximum absolute atomic E-state index is 5.36. The van der Waals surface area contributed by atoms with Gasteiger partial charge in [-0.25, -0.2) is 0 Å². The molecule has 0 fully saturated rings. The highest BCUT2D eigenvalue weighted by molar-refractivity contribution is 7.99. The monoisotopic (exact) mass is 327 g/mol. The highest BCUT2D eigenvalue weighted by Gasteiger charge is 2.15. The van der Waals surface area contributed by atoms with Crippen molar-refractivity contribution < 1.29 is 4.52 Å². The Morgan fingerprint density at radius 3 is 2.62 bits per heavy atom. The summed E-state index contributed by atoms with van der Waals surface area (Å²) in [7, 11) is 1.94. The predicted molar refractivity (Wildman–Crippen MR) is 89.4 cm³/mol. The van der Waals surface area contributed by atoms with Gasteiger partial charge in [-0.1, -0.05) is 30.3 Å². The molecule has 1 heterocycles. The van der Waals surface area contributed by atoms with Crippen molar-refractivity contribution in [2.75, 3.05) is 12.8 Å². The summed E-state index contributed by atoms with van der Waals surface area (Å²) in [6, 6.07) is 10.7. The second-order valence-electron chi connectivity index (χ2n) is 4.97. The number of nitrogens with one attached hydrogen (secondary N) is 1. The van der Waals surface area contributed by atoms with Crippen molar-refractivity contribution in [1.29, 1.82) is 0 Å². The molecule has 0 bridgehead atoms. The predicted octanol–water partition coefficient (Wildman–Crippen LogP) is 3.54. The van der Waals surface area contributed by atoms with Crippen molar-refractivity contribution in [1.82, 2.24) is 15.5 Å². The van der Waals surface area contributed by atoms with Gasteiger partial charge in [-0.2, -0.15) is 4.98 Å². The minimum absolute atomic E-state index is 0. The number of hydrogen-bond donors (Lipinski definition) is 1. The van der Waals surface area contributed by atoms with E-state index in [1.807, 2.05) is 24.9 Å². The Bertz CT molecular complexity index is 521. The molecule has 2 rings (SSSR count). The summed E-state index contributed by atoms with van der Waals surface area (Å²) in [5.41, 5.74) is 0. The summed E-state index contributed by atoms with van der Waals surface area (Å²) in [4.78, 5) is 5.75. The lowest BCUT2D eigenvalue weighted by atomic mass is 10.2. The van der Waals surface area contributed by atoms with Crippen LogP contribution in [0.15, 0.2) is 39.8 Å². The maximum atomic E-state index is 5.36. The summed E-state index contributed by atoms with van der Waals surface area (Å²) in [6.07, 6.45) is 0.790. The van der Waals surface area contributed by atoms with Crippen LogP contribution in [0.3, 0.4) is 0 Å². The van der Waals surface area contributed by atoms with Crippen molar-refractivity contribution in [3.05, 3.63) is 42.0 Å². The molecule has 0 spiro atoms. The number of hydrogen-bond acceptors (Lipinski definition) is 5. The molecule has 2 atom stereocenters. The van der Waals surface area contributed by atoms with E-state index in [9.17, 15) is 0 Å². The van der Waals surface area contributed by atoms with Gasteiger partial charge in [-0.05, 0) is 26.1 Å². The zero-order valence-electron chi connectivity index (χ0n) is 12.6. The Kier molecular flexibility index (Phi) is 7.78. The highest BCUT2D eigenvalue weighted by Crippen LogP contribution is 2.25. The topological polar surface area (TPSA) is 51.0 Å². The first-order chi connectivity index (χ1) is 9.69. The number of rotatable bonds is 7.